The lowest BCUT2D eigenvalue weighted by Gasteiger charge is -2.12. The molecule has 2 heterocycles. The van der Waals surface area contributed by atoms with Gasteiger partial charge in [-0.25, -0.2) is 9.78 Å². The number of nitrogens with zero attached hydrogens (tertiary/aromatic N) is 3. The third-order valence-electron chi connectivity index (χ3n) is 4.65. The summed E-state index contributed by atoms with van der Waals surface area (Å²) < 4.78 is 9.07. The Morgan fingerprint density at radius 2 is 2.08 bits per heavy atom. The van der Waals surface area contributed by atoms with Gasteiger partial charge in [0.2, 0.25) is 0 Å². The van der Waals surface area contributed by atoms with Gasteiger partial charge < -0.3 is 9.30 Å². The van der Waals surface area contributed by atoms with E-state index in [0.29, 0.717) is 0 Å². The molecular formula is C21H25N3O2. The number of carbonyl (C=O) groups excluding carboxylic acids is 1. The van der Waals surface area contributed by atoms with Gasteiger partial charge in [0.15, 0.2) is 0 Å². The molecule has 0 aliphatic heterocycles. The molecule has 0 spiro atoms. The molecule has 0 aliphatic carbocycles. The second-order valence-electron chi connectivity index (χ2n) is 6.36. The first kappa shape index (κ1) is 18.0. The van der Waals surface area contributed by atoms with E-state index in [1.165, 1.54) is 35.5 Å². The normalized spacial score (nSPS) is 11.5. The Labute approximate surface area is 153 Å². The molecule has 0 saturated carbocycles. The number of aromatic nitrogens is 3. The van der Waals surface area contributed by atoms with Crippen LogP contribution >= 0.6 is 0 Å². The molecule has 5 nitrogen and oxygen atoms in total. The number of esters is 1. The Morgan fingerprint density at radius 1 is 1.23 bits per heavy atom. The van der Waals surface area contributed by atoms with Crippen LogP contribution in [-0.2, 0) is 16.1 Å². The predicted octanol–water partition coefficient (Wildman–Crippen LogP) is 4.43. The Balaban J connectivity index is 1.69. The summed E-state index contributed by atoms with van der Waals surface area (Å²) in [4.78, 5) is 15.2. The minimum atomic E-state index is -0.288. The average molecular weight is 351 g/mol. The molecule has 0 unspecified atom stereocenters. The van der Waals surface area contributed by atoms with E-state index in [0.717, 1.165) is 32.2 Å². The van der Waals surface area contributed by atoms with E-state index >= 15 is 0 Å². The highest BCUT2D eigenvalue weighted by Gasteiger charge is 2.14. The molecular weight excluding hydrogens is 326 g/mol. The Bertz CT molecular complexity index is 892. The lowest BCUT2D eigenvalue weighted by atomic mass is 10.2. The van der Waals surface area contributed by atoms with E-state index in [9.17, 15) is 4.79 Å². The number of allylic oxidation sites excluding steroid dienone is 1. The monoisotopic (exact) mass is 351 g/mol. The Kier molecular flexibility index (Phi) is 5.89. The van der Waals surface area contributed by atoms with Crippen molar-refractivity contribution in [3.8, 4) is 5.82 Å². The van der Waals surface area contributed by atoms with Gasteiger partial charge in [0.25, 0.3) is 0 Å². The maximum absolute atomic E-state index is 11.0. The van der Waals surface area contributed by atoms with E-state index in [1.807, 2.05) is 24.8 Å². The van der Waals surface area contributed by atoms with Crippen molar-refractivity contribution < 1.29 is 9.53 Å². The standard InChI is InChI=1S/C21H25N3O2/c1-17-18-10-7-8-11-19(18)24(21(17)23-15-13-22-16-23)14-9-5-3-4-6-12-20(25)26-2/h6-8,10-13,15-16H,3-5,9,14H2,1-2H3/b12-6+. The number of methoxy groups -OCH3 is 1. The van der Waals surface area contributed by atoms with Crippen LogP contribution in [0.15, 0.2) is 55.1 Å². The molecule has 0 amide bonds. The summed E-state index contributed by atoms with van der Waals surface area (Å²) >= 11 is 0. The maximum Gasteiger partial charge on any atom is 0.330 e. The quantitative estimate of drug-likeness (QED) is 0.343. The van der Waals surface area contributed by atoms with Crippen molar-refractivity contribution in [1.29, 1.82) is 0 Å². The van der Waals surface area contributed by atoms with E-state index in [4.69, 9.17) is 0 Å². The fourth-order valence-electron chi connectivity index (χ4n) is 3.36. The van der Waals surface area contributed by atoms with Gasteiger partial charge >= 0.3 is 5.97 Å². The second kappa shape index (κ2) is 8.52. The number of para-hydroxylation sites is 1. The van der Waals surface area contributed by atoms with Crippen molar-refractivity contribution in [2.45, 2.75) is 39.2 Å². The number of rotatable bonds is 8. The predicted molar refractivity (Wildman–Crippen MR) is 103 cm³/mol. The van der Waals surface area contributed by atoms with Crippen LogP contribution in [0, 0.1) is 6.92 Å². The molecule has 136 valence electrons. The van der Waals surface area contributed by atoms with Crippen LogP contribution in [0.2, 0.25) is 0 Å². The van der Waals surface area contributed by atoms with Gasteiger partial charge in [-0.05, 0) is 37.8 Å². The number of hydrogen-bond acceptors (Lipinski definition) is 3. The summed E-state index contributed by atoms with van der Waals surface area (Å²) in [7, 11) is 1.40. The number of unbranched alkanes of at least 4 members (excludes halogenated alkanes) is 3. The van der Waals surface area contributed by atoms with Crippen LogP contribution in [-0.4, -0.2) is 27.2 Å². The number of ether oxygens (including phenoxy) is 1. The summed E-state index contributed by atoms with van der Waals surface area (Å²) in [5, 5.41) is 1.29. The Hall–Kier alpha value is -2.82. The second-order valence-corrected chi connectivity index (χ2v) is 6.36. The first-order valence-electron chi connectivity index (χ1n) is 9.03. The zero-order valence-corrected chi connectivity index (χ0v) is 15.4. The number of carbonyl (C=O) groups is 1. The van der Waals surface area contributed by atoms with Gasteiger partial charge in [0.1, 0.15) is 12.1 Å². The van der Waals surface area contributed by atoms with Crippen molar-refractivity contribution in [1.82, 2.24) is 14.1 Å². The zero-order valence-electron chi connectivity index (χ0n) is 15.4. The van der Waals surface area contributed by atoms with Crippen LogP contribution in [0.25, 0.3) is 16.7 Å². The highest BCUT2D eigenvalue weighted by atomic mass is 16.5. The maximum atomic E-state index is 11.0. The summed E-state index contributed by atoms with van der Waals surface area (Å²) in [5.41, 5.74) is 2.54. The number of benzene rings is 1. The van der Waals surface area contributed by atoms with E-state index in [-0.39, 0.29) is 5.97 Å². The molecule has 5 heteroatoms. The smallest absolute Gasteiger partial charge is 0.330 e. The van der Waals surface area contributed by atoms with E-state index in [1.54, 1.807) is 0 Å². The number of aryl methyl sites for hydroxylation is 2. The number of imidazole rings is 1. The van der Waals surface area contributed by atoms with Crippen LogP contribution in [0.3, 0.4) is 0 Å². The minimum Gasteiger partial charge on any atom is -0.466 e. The van der Waals surface area contributed by atoms with Gasteiger partial charge in [-0.3, -0.25) is 4.57 Å². The lowest BCUT2D eigenvalue weighted by molar-refractivity contribution is -0.134. The molecule has 0 saturated heterocycles. The highest BCUT2D eigenvalue weighted by molar-refractivity contribution is 5.87. The molecule has 0 bridgehead atoms. The SMILES string of the molecule is COC(=O)/C=C/CCCCCn1c(-n2ccnc2)c(C)c2ccccc21. The van der Waals surface area contributed by atoms with Crippen molar-refractivity contribution in [3.63, 3.8) is 0 Å². The average Bonchev–Trinajstić information content (AvgIpc) is 3.28. The van der Waals surface area contributed by atoms with Crippen molar-refractivity contribution in [2.24, 2.45) is 0 Å². The lowest BCUT2D eigenvalue weighted by Crippen LogP contribution is -2.06. The van der Waals surface area contributed by atoms with Gasteiger partial charge in [-0.2, -0.15) is 0 Å². The van der Waals surface area contributed by atoms with E-state index < -0.39 is 0 Å². The molecule has 1 aromatic carbocycles. The fraction of sp³-hybridized carbons (Fsp3) is 0.333. The summed E-state index contributed by atoms with van der Waals surface area (Å²) in [6.45, 7) is 3.13. The Morgan fingerprint density at radius 3 is 2.85 bits per heavy atom. The fourth-order valence-corrected chi connectivity index (χ4v) is 3.36. The first-order chi connectivity index (χ1) is 12.7. The molecule has 0 N–H and O–H groups in total. The summed E-state index contributed by atoms with van der Waals surface area (Å²) in [5.74, 6) is 0.901. The van der Waals surface area contributed by atoms with E-state index in [2.05, 4.69) is 50.0 Å². The van der Waals surface area contributed by atoms with Gasteiger partial charge in [-0.1, -0.05) is 30.7 Å². The molecule has 0 fully saturated rings. The van der Waals surface area contributed by atoms with Crippen LogP contribution in [0.4, 0.5) is 0 Å². The van der Waals surface area contributed by atoms with Crippen LogP contribution < -0.4 is 0 Å². The molecule has 2 aromatic heterocycles. The molecule has 0 aliphatic rings. The van der Waals surface area contributed by atoms with Crippen LogP contribution in [0.1, 0.15) is 31.2 Å². The number of fused-ring (bicyclic) bond motifs is 1. The topological polar surface area (TPSA) is 49.0 Å². The summed E-state index contributed by atoms with van der Waals surface area (Å²) in [6.07, 6.45) is 13.2. The molecule has 26 heavy (non-hydrogen) atoms. The highest BCUT2D eigenvalue weighted by Crippen LogP contribution is 2.28. The first-order valence-corrected chi connectivity index (χ1v) is 9.03. The van der Waals surface area contributed by atoms with Crippen molar-refractivity contribution in [3.05, 3.63) is 60.7 Å². The molecule has 0 radical (unpaired) electrons. The largest absolute Gasteiger partial charge is 0.466 e. The van der Waals surface area contributed by atoms with Gasteiger partial charge in [0.05, 0.1) is 7.11 Å². The third kappa shape index (κ3) is 3.87. The molecule has 3 rings (SSSR count). The van der Waals surface area contributed by atoms with Crippen molar-refractivity contribution in [2.75, 3.05) is 7.11 Å². The third-order valence-corrected chi connectivity index (χ3v) is 4.65. The van der Waals surface area contributed by atoms with Crippen molar-refractivity contribution >= 4 is 16.9 Å². The van der Waals surface area contributed by atoms with Crippen LogP contribution in [0.5, 0.6) is 0 Å². The van der Waals surface area contributed by atoms with Gasteiger partial charge in [0, 0.05) is 35.9 Å². The zero-order chi connectivity index (χ0) is 18.4. The van der Waals surface area contributed by atoms with Gasteiger partial charge in [-0.15, -0.1) is 0 Å². The summed E-state index contributed by atoms with van der Waals surface area (Å²) in [6, 6.07) is 8.54. The molecule has 3 aromatic rings. The number of hydrogen-bond donors (Lipinski definition) is 0. The minimum absolute atomic E-state index is 0.288. The molecule has 0 atom stereocenters.